The Morgan fingerprint density at radius 1 is 0.906 bits per heavy atom. The molecular weight excluding hydrogens is 403 g/mol. The molecule has 0 aromatic heterocycles. The number of benzene rings is 3. The first-order valence-electron chi connectivity index (χ1n) is 11.1. The summed E-state index contributed by atoms with van der Waals surface area (Å²) in [6.07, 6.45) is 0. The molecule has 1 saturated carbocycles. The predicted molar refractivity (Wildman–Crippen MR) is 121 cm³/mol. The number of nitrogens with zero attached hydrogens (tertiary/aromatic N) is 1. The van der Waals surface area contributed by atoms with Crippen molar-refractivity contribution >= 4 is 5.91 Å². The van der Waals surface area contributed by atoms with Crippen LogP contribution < -0.4 is 5.32 Å². The van der Waals surface area contributed by atoms with E-state index < -0.39 is 17.3 Å². The van der Waals surface area contributed by atoms with Crippen LogP contribution in [0.25, 0.3) is 0 Å². The van der Waals surface area contributed by atoms with Gasteiger partial charge in [0.1, 0.15) is 5.82 Å². The van der Waals surface area contributed by atoms with Crippen LogP contribution in [0.2, 0.25) is 0 Å². The molecule has 1 heterocycles. The zero-order valence-electron chi connectivity index (χ0n) is 17.8. The van der Waals surface area contributed by atoms with Gasteiger partial charge in [0, 0.05) is 26.2 Å². The standard InChI is InChI=1S/C27H27FN2O2/c28-22-13-11-21(12-14-22)27(32,20-9-5-2-6-10-20)26(31)29-15-23-24-17-30(18-25(23)24)16-19-7-3-1-4-8-19/h1-14,23-25,32H,15-18H2,(H,29,31)/t23?,24-,25+,27-/m0/s1. The van der Waals surface area contributed by atoms with Gasteiger partial charge in [-0.2, -0.15) is 0 Å². The number of piperidine rings is 1. The molecule has 1 amide bonds. The van der Waals surface area contributed by atoms with Crippen molar-refractivity contribution in [3.05, 3.63) is 107 Å². The van der Waals surface area contributed by atoms with Gasteiger partial charge in [-0.05, 0) is 46.6 Å². The molecule has 32 heavy (non-hydrogen) atoms. The van der Waals surface area contributed by atoms with Crippen LogP contribution >= 0.6 is 0 Å². The smallest absolute Gasteiger partial charge is 0.261 e. The van der Waals surface area contributed by atoms with Crippen molar-refractivity contribution in [1.82, 2.24) is 10.2 Å². The third kappa shape index (κ3) is 3.94. The summed E-state index contributed by atoms with van der Waals surface area (Å²) in [7, 11) is 0. The maximum Gasteiger partial charge on any atom is 0.261 e. The number of hydrogen-bond donors (Lipinski definition) is 2. The third-order valence-electron chi connectivity index (χ3n) is 6.98. The van der Waals surface area contributed by atoms with Gasteiger partial charge in [0.2, 0.25) is 0 Å². The fourth-order valence-electron chi connectivity index (χ4n) is 5.15. The molecule has 1 aliphatic heterocycles. The van der Waals surface area contributed by atoms with Crippen LogP contribution in [0.4, 0.5) is 4.39 Å². The molecule has 2 N–H and O–H groups in total. The number of halogens is 1. The molecule has 5 heteroatoms. The Morgan fingerprint density at radius 3 is 2.09 bits per heavy atom. The molecular formula is C27H27FN2O2. The lowest BCUT2D eigenvalue weighted by molar-refractivity contribution is -0.136. The molecule has 2 fully saturated rings. The third-order valence-corrected chi connectivity index (χ3v) is 6.98. The molecule has 1 aliphatic carbocycles. The predicted octanol–water partition coefficient (Wildman–Crippen LogP) is 3.56. The SMILES string of the molecule is O=C(NCC1[C@H]2CN(Cc3ccccc3)C[C@@H]12)[C@](O)(c1ccccc1)c1ccc(F)cc1. The molecule has 4 atom stereocenters. The average molecular weight is 431 g/mol. The summed E-state index contributed by atoms with van der Waals surface area (Å²) in [5, 5.41) is 14.5. The highest BCUT2D eigenvalue weighted by molar-refractivity contribution is 5.90. The van der Waals surface area contributed by atoms with Gasteiger partial charge in [0.15, 0.2) is 5.60 Å². The molecule has 1 unspecified atom stereocenters. The second-order valence-corrected chi connectivity index (χ2v) is 8.96. The van der Waals surface area contributed by atoms with Gasteiger partial charge in [-0.25, -0.2) is 4.39 Å². The number of nitrogens with one attached hydrogen (secondary N) is 1. The zero-order chi connectivity index (χ0) is 22.1. The Labute approximate surface area is 187 Å². The number of likely N-dealkylation sites (tertiary alicyclic amines) is 1. The van der Waals surface area contributed by atoms with Gasteiger partial charge in [0.05, 0.1) is 0 Å². The lowest BCUT2D eigenvalue weighted by Gasteiger charge is -2.28. The highest BCUT2D eigenvalue weighted by Gasteiger charge is 2.55. The lowest BCUT2D eigenvalue weighted by atomic mass is 9.85. The minimum absolute atomic E-state index is 0.354. The highest BCUT2D eigenvalue weighted by atomic mass is 19.1. The van der Waals surface area contributed by atoms with Gasteiger partial charge in [0.25, 0.3) is 5.91 Å². The van der Waals surface area contributed by atoms with Gasteiger partial charge in [-0.15, -0.1) is 0 Å². The Balaban J connectivity index is 1.23. The largest absolute Gasteiger partial charge is 0.372 e. The minimum atomic E-state index is -1.86. The van der Waals surface area contributed by atoms with E-state index in [1.807, 2.05) is 12.1 Å². The Bertz CT molecular complexity index is 1060. The fraction of sp³-hybridized carbons (Fsp3) is 0.296. The van der Waals surface area contributed by atoms with Gasteiger partial charge >= 0.3 is 0 Å². The minimum Gasteiger partial charge on any atom is -0.372 e. The van der Waals surface area contributed by atoms with E-state index in [0.29, 0.717) is 35.4 Å². The number of aliphatic hydroxyl groups is 1. The number of amides is 1. The van der Waals surface area contributed by atoms with Crippen molar-refractivity contribution in [2.24, 2.45) is 17.8 Å². The summed E-state index contributed by atoms with van der Waals surface area (Å²) in [6.45, 7) is 3.59. The summed E-state index contributed by atoms with van der Waals surface area (Å²) in [6, 6.07) is 24.8. The summed E-state index contributed by atoms with van der Waals surface area (Å²) >= 11 is 0. The molecule has 164 valence electrons. The second-order valence-electron chi connectivity index (χ2n) is 8.96. The van der Waals surface area contributed by atoms with Gasteiger partial charge < -0.3 is 10.4 Å². The first-order valence-corrected chi connectivity index (χ1v) is 11.1. The summed E-state index contributed by atoms with van der Waals surface area (Å²) < 4.78 is 13.5. The molecule has 4 nitrogen and oxygen atoms in total. The topological polar surface area (TPSA) is 52.6 Å². The van der Waals surface area contributed by atoms with Crippen LogP contribution in [-0.4, -0.2) is 35.5 Å². The van der Waals surface area contributed by atoms with E-state index in [9.17, 15) is 14.3 Å². The van der Waals surface area contributed by atoms with E-state index in [4.69, 9.17) is 0 Å². The molecule has 0 spiro atoms. The second kappa shape index (κ2) is 8.49. The van der Waals surface area contributed by atoms with Crippen LogP contribution in [0.15, 0.2) is 84.9 Å². The summed E-state index contributed by atoms with van der Waals surface area (Å²) in [5.41, 5.74) is 0.283. The highest BCUT2D eigenvalue weighted by Crippen LogP contribution is 2.51. The average Bonchev–Trinajstić information content (AvgIpc) is 3.28. The van der Waals surface area contributed by atoms with Crippen LogP contribution in [-0.2, 0) is 16.9 Å². The number of fused-ring (bicyclic) bond motifs is 1. The van der Waals surface area contributed by atoms with E-state index in [2.05, 4.69) is 34.5 Å². The molecule has 2 aliphatic rings. The Hall–Kier alpha value is -3.02. The molecule has 1 saturated heterocycles. The number of rotatable bonds is 7. The van der Waals surface area contributed by atoms with Crippen molar-refractivity contribution in [1.29, 1.82) is 0 Å². The monoisotopic (exact) mass is 430 g/mol. The molecule has 3 aromatic carbocycles. The number of carbonyl (C=O) groups is 1. The van der Waals surface area contributed by atoms with E-state index in [-0.39, 0.29) is 0 Å². The van der Waals surface area contributed by atoms with Crippen molar-refractivity contribution in [3.63, 3.8) is 0 Å². The Morgan fingerprint density at radius 2 is 1.47 bits per heavy atom. The maximum atomic E-state index is 13.5. The van der Waals surface area contributed by atoms with Crippen LogP contribution in [0.5, 0.6) is 0 Å². The first kappa shape index (κ1) is 20.9. The zero-order valence-corrected chi connectivity index (χ0v) is 17.8. The lowest BCUT2D eigenvalue weighted by Crippen LogP contribution is -2.46. The normalized spacial score (nSPS) is 23.9. The quantitative estimate of drug-likeness (QED) is 0.603. The van der Waals surface area contributed by atoms with Crippen molar-refractivity contribution in [2.45, 2.75) is 12.1 Å². The summed E-state index contributed by atoms with van der Waals surface area (Å²) in [4.78, 5) is 15.7. The fourth-order valence-corrected chi connectivity index (χ4v) is 5.15. The number of carbonyl (C=O) groups excluding carboxylic acids is 1. The van der Waals surface area contributed by atoms with Gasteiger partial charge in [-0.1, -0.05) is 72.8 Å². The molecule has 3 aromatic rings. The van der Waals surface area contributed by atoms with Crippen molar-refractivity contribution in [3.8, 4) is 0 Å². The van der Waals surface area contributed by atoms with Crippen LogP contribution in [0.3, 0.4) is 0 Å². The molecule has 0 bridgehead atoms. The Kier molecular flexibility index (Phi) is 5.53. The van der Waals surface area contributed by atoms with E-state index in [0.717, 1.165) is 19.6 Å². The molecule has 0 radical (unpaired) electrons. The van der Waals surface area contributed by atoms with Crippen LogP contribution in [0, 0.1) is 23.6 Å². The molecule has 5 rings (SSSR count). The van der Waals surface area contributed by atoms with E-state index >= 15 is 0 Å². The first-order chi connectivity index (χ1) is 15.6. The maximum absolute atomic E-state index is 13.5. The van der Waals surface area contributed by atoms with Crippen LogP contribution in [0.1, 0.15) is 16.7 Å². The summed E-state index contributed by atoms with van der Waals surface area (Å²) in [5.74, 6) is 0.750. The van der Waals surface area contributed by atoms with Crippen molar-refractivity contribution in [2.75, 3.05) is 19.6 Å². The van der Waals surface area contributed by atoms with E-state index in [1.54, 1.807) is 24.3 Å². The van der Waals surface area contributed by atoms with Crippen molar-refractivity contribution < 1.29 is 14.3 Å². The van der Waals surface area contributed by atoms with Gasteiger partial charge in [-0.3, -0.25) is 9.69 Å². The van der Waals surface area contributed by atoms with E-state index in [1.165, 1.54) is 29.8 Å². The number of hydrogen-bond acceptors (Lipinski definition) is 3.